The van der Waals surface area contributed by atoms with E-state index < -0.39 is 10.8 Å². The molecule has 2 amide bonds. The molecule has 2 aromatic rings. The minimum atomic E-state index is -0.610. The van der Waals surface area contributed by atoms with E-state index in [0.717, 1.165) is 0 Å². The standard InChI is InChI=1S/C17H17N3O4/c1-11(2)18-16(21)12-6-5-7-13(10-12)19-17(22)14-8-3-4-9-15(14)20(23)24/h3-11H,1-2H3,(H,18,21)(H,19,22). The highest BCUT2D eigenvalue weighted by Crippen LogP contribution is 2.20. The van der Waals surface area contributed by atoms with Gasteiger partial charge in [0.2, 0.25) is 0 Å². The molecule has 2 rings (SSSR count). The number of hydrogen-bond donors (Lipinski definition) is 2. The van der Waals surface area contributed by atoms with Gasteiger partial charge in [0.1, 0.15) is 5.56 Å². The average molecular weight is 327 g/mol. The lowest BCUT2D eigenvalue weighted by molar-refractivity contribution is -0.385. The highest BCUT2D eigenvalue weighted by atomic mass is 16.6. The molecule has 0 spiro atoms. The third-order valence-electron chi connectivity index (χ3n) is 3.15. The van der Waals surface area contributed by atoms with Gasteiger partial charge in [-0.2, -0.15) is 0 Å². The lowest BCUT2D eigenvalue weighted by Gasteiger charge is -2.10. The van der Waals surface area contributed by atoms with E-state index in [4.69, 9.17) is 0 Å². The summed E-state index contributed by atoms with van der Waals surface area (Å²) < 4.78 is 0. The van der Waals surface area contributed by atoms with Crippen LogP contribution >= 0.6 is 0 Å². The Labute approximate surface area is 138 Å². The summed E-state index contributed by atoms with van der Waals surface area (Å²) in [7, 11) is 0. The smallest absolute Gasteiger partial charge is 0.282 e. The Kier molecular flexibility index (Phi) is 5.26. The summed E-state index contributed by atoms with van der Waals surface area (Å²) in [5.74, 6) is -0.865. The van der Waals surface area contributed by atoms with Gasteiger partial charge < -0.3 is 10.6 Å². The zero-order valence-corrected chi connectivity index (χ0v) is 13.3. The molecular weight excluding hydrogens is 310 g/mol. The Bertz CT molecular complexity index is 787. The van der Waals surface area contributed by atoms with Gasteiger partial charge >= 0.3 is 0 Å². The molecule has 0 saturated carbocycles. The first-order valence-electron chi connectivity index (χ1n) is 7.34. The van der Waals surface area contributed by atoms with E-state index in [0.29, 0.717) is 11.3 Å². The second-order valence-corrected chi connectivity index (χ2v) is 5.44. The van der Waals surface area contributed by atoms with Gasteiger partial charge in [0.25, 0.3) is 17.5 Å². The van der Waals surface area contributed by atoms with Crippen LogP contribution in [0.4, 0.5) is 11.4 Å². The molecule has 124 valence electrons. The van der Waals surface area contributed by atoms with Crippen molar-refractivity contribution in [2.45, 2.75) is 19.9 Å². The fraction of sp³-hybridized carbons (Fsp3) is 0.176. The van der Waals surface area contributed by atoms with Gasteiger partial charge in [0, 0.05) is 23.4 Å². The molecular formula is C17H17N3O4. The fourth-order valence-electron chi connectivity index (χ4n) is 2.11. The van der Waals surface area contributed by atoms with Crippen LogP contribution < -0.4 is 10.6 Å². The molecule has 0 unspecified atom stereocenters. The van der Waals surface area contributed by atoms with Crippen LogP contribution in [0, 0.1) is 10.1 Å². The number of nitro benzene ring substituents is 1. The van der Waals surface area contributed by atoms with Gasteiger partial charge in [0.15, 0.2) is 0 Å². The van der Waals surface area contributed by atoms with E-state index in [1.165, 1.54) is 24.3 Å². The van der Waals surface area contributed by atoms with Crippen LogP contribution in [0.1, 0.15) is 34.6 Å². The summed E-state index contributed by atoms with van der Waals surface area (Å²) in [6, 6.07) is 12.1. The maximum atomic E-state index is 12.3. The second kappa shape index (κ2) is 7.36. The van der Waals surface area contributed by atoms with Crippen LogP contribution in [-0.4, -0.2) is 22.8 Å². The number of amides is 2. The van der Waals surface area contributed by atoms with Gasteiger partial charge in [-0.05, 0) is 38.1 Å². The third kappa shape index (κ3) is 4.16. The number of para-hydroxylation sites is 1. The lowest BCUT2D eigenvalue weighted by atomic mass is 10.1. The number of nitro groups is 1. The normalized spacial score (nSPS) is 10.3. The molecule has 0 aromatic heterocycles. The Morgan fingerprint density at radius 3 is 2.42 bits per heavy atom. The molecule has 7 heteroatoms. The third-order valence-corrected chi connectivity index (χ3v) is 3.15. The van der Waals surface area contributed by atoms with Crippen molar-refractivity contribution in [1.82, 2.24) is 5.32 Å². The first kappa shape index (κ1) is 17.1. The number of anilines is 1. The number of rotatable bonds is 5. The van der Waals surface area contributed by atoms with Crippen LogP contribution in [0.25, 0.3) is 0 Å². The number of benzene rings is 2. The number of carbonyl (C=O) groups is 2. The SMILES string of the molecule is CC(C)NC(=O)c1cccc(NC(=O)c2ccccc2[N+](=O)[O-])c1. The summed E-state index contributed by atoms with van der Waals surface area (Å²) in [6.07, 6.45) is 0. The molecule has 0 atom stereocenters. The second-order valence-electron chi connectivity index (χ2n) is 5.44. The molecule has 24 heavy (non-hydrogen) atoms. The average Bonchev–Trinajstić information content (AvgIpc) is 2.54. The Morgan fingerprint density at radius 2 is 1.75 bits per heavy atom. The summed E-state index contributed by atoms with van der Waals surface area (Å²) in [5.41, 5.74) is 0.460. The van der Waals surface area contributed by atoms with E-state index in [-0.39, 0.29) is 23.2 Å². The minimum Gasteiger partial charge on any atom is -0.350 e. The van der Waals surface area contributed by atoms with Crippen LogP contribution in [0.3, 0.4) is 0 Å². The lowest BCUT2D eigenvalue weighted by Crippen LogP contribution is -2.30. The van der Waals surface area contributed by atoms with Crippen molar-refractivity contribution in [1.29, 1.82) is 0 Å². The monoisotopic (exact) mass is 327 g/mol. The maximum Gasteiger partial charge on any atom is 0.282 e. The zero-order valence-electron chi connectivity index (χ0n) is 13.3. The topological polar surface area (TPSA) is 101 Å². The molecule has 0 saturated heterocycles. The molecule has 0 radical (unpaired) electrons. The summed E-state index contributed by atoms with van der Waals surface area (Å²) in [6.45, 7) is 3.69. The van der Waals surface area contributed by atoms with E-state index in [9.17, 15) is 19.7 Å². The van der Waals surface area contributed by atoms with Gasteiger partial charge in [0.05, 0.1) is 4.92 Å². The van der Waals surface area contributed by atoms with Crippen LogP contribution in [-0.2, 0) is 0 Å². The zero-order chi connectivity index (χ0) is 17.7. The van der Waals surface area contributed by atoms with Crippen molar-refractivity contribution in [2.24, 2.45) is 0 Å². The van der Waals surface area contributed by atoms with Crippen LogP contribution in [0.15, 0.2) is 48.5 Å². The van der Waals surface area contributed by atoms with Crippen molar-refractivity contribution in [3.63, 3.8) is 0 Å². The molecule has 0 fully saturated rings. The predicted molar refractivity (Wildman–Crippen MR) is 90.1 cm³/mol. The van der Waals surface area contributed by atoms with Gasteiger partial charge in [-0.25, -0.2) is 0 Å². The Morgan fingerprint density at radius 1 is 1.04 bits per heavy atom. The Hall–Kier alpha value is -3.22. The van der Waals surface area contributed by atoms with Crippen molar-refractivity contribution < 1.29 is 14.5 Å². The van der Waals surface area contributed by atoms with E-state index in [1.54, 1.807) is 24.3 Å². The van der Waals surface area contributed by atoms with Gasteiger partial charge in [-0.3, -0.25) is 19.7 Å². The van der Waals surface area contributed by atoms with E-state index in [1.807, 2.05) is 13.8 Å². The van der Waals surface area contributed by atoms with Crippen LogP contribution in [0.5, 0.6) is 0 Å². The first-order valence-corrected chi connectivity index (χ1v) is 7.34. The highest BCUT2D eigenvalue weighted by molar-refractivity contribution is 6.07. The molecule has 0 aliphatic heterocycles. The van der Waals surface area contributed by atoms with E-state index >= 15 is 0 Å². The van der Waals surface area contributed by atoms with Gasteiger partial charge in [-0.15, -0.1) is 0 Å². The number of nitrogens with one attached hydrogen (secondary N) is 2. The molecule has 2 aromatic carbocycles. The van der Waals surface area contributed by atoms with E-state index in [2.05, 4.69) is 10.6 Å². The number of nitrogens with zero attached hydrogens (tertiary/aromatic N) is 1. The summed E-state index contributed by atoms with van der Waals surface area (Å²) >= 11 is 0. The largest absolute Gasteiger partial charge is 0.350 e. The molecule has 0 aliphatic carbocycles. The first-order chi connectivity index (χ1) is 11.4. The molecule has 0 aliphatic rings. The Balaban J connectivity index is 2.21. The van der Waals surface area contributed by atoms with Crippen molar-refractivity contribution in [3.8, 4) is 0 Å². The molecule has 0 heterocycles. The van der Waals surface area contributed by atoms with Crippen molar-refractivity contribution in [3.05, 3.63) is 69.8 Å². The van der Waals surface area contributed by atoms with Gasteiger partial charge in [-0.1, -0.05) is 18.2 Å². The fourth-order valence-corrected chi connectivity index (χ4v) is 2.11. The summed E-state index contributed by atoms with van der Waals surface area (Å²) in [5, 5.41) is 16.3. The van der Waals surface area contributed by atoms with Crippen LogP contribution in [0.2, 0.25) is 0 Å². The van der Waals surface area contributed by atoms with Crippen molar-refractivity contribution in [2.75, 3.05) is 5.32 Å². The highest BCUT2D eigenvalue weighted by Gasteiger charge is 2.19. The minimum absolute atomic E-state index is 0.0114. The number of hydrogen-bond acceptors (Lipinski definition) is 4. The molecule has 2 N–H and O–H groups in total. The number of carbonyl (C=O) groups excluding carboxylic acids is 2. The molecule has 0 bridgehead atoms. The quantitative estimate of drug-likeness (QED) is 0.651. The van der Waals surface area contributed by atoms with Crippen molar-refractivity contribution >= 4 is 23.2 Å². The maximum absolute atomic E-state index is 12.3. The summed E-state index contributed by atoms with van der Waals surface area (Å²) in [4.78, 5) is 34.7. The predicted octanol–water partition coefficient (Wildman–Crippen LogP) is 2.99. The molecule has 7 nitrogen and oxygen atoms in total.